The average molecular weight is 233 g/mol. The minimum absolute atomic E-state index is 0.504. The van der Waals surface area contributed by atoms with Crippen LogP contribution in [-0.2, 0) is 0 Å². The molecule has 17 heavy (non-hydrogen) atoms. The molecule has 2 aliphatic carbocycles. The first-order valence-electron chi connectivity index (χ1n) is 6.59. The van der Waals surface area contributed by atoms with Crippen LogP contribution in [-0.4, -0.2) is 30.6 Å². The minimum atomic E-state index is 0.504. The molecule has 0 aromatic carbocycles. The molecule has 0 aromatic heterocycles. The van der Waals surface area contributed by atoms with Gasteiger partial charge in [0.1, 0.15) is 0 Å². The van der Waals surface area contributed by atoms with Crippen molar-refractivity contribution in [3.63, 3.8) is 0 Å². The second-order valence-corrected chi connectivity index (χ2v) is 5.45. The molecule has 0 spiro atoms. The summed E-state index contributed by atoms with van der Waals surface area (Å²) in [6.07, 6.45) is 11.9. The molecule has 1 saturated carbocycles. The lowest BCUT2D eigenvalue weighted by Gasteiger charge is -2.30. The summed E-state index contributed by atoms with van der Waals surface area (Å²) in [5.74, 6) is 1.19. The van der Waals surface area contributed by atoms with E-state index < -0.39 is 0 Å². The normalized spacial score (nSPS) is 29.6. The molecular weight excluding hydrogens is 210 g/mol. The highest BCUT2D eigenvalue weighted by atomic mass is 16.3. The Labute approximate surface area is 104 Å². The van der Waals surface area contributed by atoms with Crippen LogP contribution in [0.25, 0.3) is 0 Å². The third kappa shape index (κ3) is 3.22. The molecule has 2 nitrogen and oxygen atoms in total. The molecule has 0 heterocycles. The van der Waals surface area contributed by atoms with Crippen LogP contribution in [0.4, 0.5) is 0 Å². The van der Waals surface area contributed by atoms with Gasteiger partial charge in [-0.2, -0.15) is 0 Å². The van der Waals surface area contributed by atoms with Crippen molar-refractivity contribution in [1.29, 1.82) is 0 Å². The maximum absolute atomic E-state index is 9.64. The van der Waals surface area contributed by atoms with Gasteiger partial charge in [0.25, 0.3) is 0 Å². The molecule has 94 valence electrons. The Bertz CT molecular complexity index is 363. The molecule has 2 heteroatoms. The van der Waals surface area contributed by atoms with Crippen molar-refractivity contribution in [3.8, 4) is 0 Å². The number of hydrogen-bond acceptors (Lipinski definition) is 2. The first-order chi connectivity index (χ1) is 8.16. The Morgan fingerprint density at radius 1 is 1.35 bits per heavy atom. The van der Waals surface area contributed by atoms with Crippen molar-refractivity contribution in [3.05, 3.63) is 35.1 Å². The largest absolute Gasteiger partial charge is 0.512 e. The lowest BCUT2D eigenvalue weighted by molar-refractivity contribution is 0.311. The van der Waals surface area contributed by atoms with Gasteiger partial charge in [-0.25, -0.2) is 0 Å². The molecule has 1 atom stereocenters. The number of nitrogens with zero attached hydrogens (tertiary/aromatic N) is 1. The highest BCUT2D eigenvalue weighted by Crippen LogP contribution is 2.35. The van der Waals surface area contributed by atoms with Crippen molar-refractivity contribution < 1.29 is 5.11 Å². The molecule has 2 rings (SSSR count). The average Bonchev–Trinajstić information content (AvgIpc) is 2.29. The fourth-order valence-electron chi connectivity index (χ4n) is 2.96. The summed E-state index contributed by atoms with van der Waals surface area (Å²) in [6.45, 7) is 1.14. The summed E-state index contributed by atoms with van der Waals surface area (Å²) in [5, 5.41) is 9.64. The first kappa shape index (κ1) is 12.4. The van der Waals surface area contributed by atoms with Crippen molar-refractivity contribution >= 4 is 0 Å². The Kier molecular flexibility index (Phi) is 4.06. The molecule has 0 bridgehead atoms. The molecule has 0 aromatic rings. The summed E-state index contributed by atoms with van der Waals surface area (Å²) >= 11 is 0. The predicted octanol–water partition coefficient (Wildman–Crippen LogP) is 3.44. The van der Waals surface area contributed by atoms with Crippen molar-refractivity contribution in [2.75, 3.05) is 20.6 Å². The van der Waals surface area contributed by atoms with E-state index in [1.54, 1.807) is 11.6 Å². The molecule has 0 saturated heterocycles. The molecule has 0 aliphatic heterocycles. The number of aliphatic hydroxyl groups is 1. The fraction of sp³-hybridized carbons (Fsp3) is 0.600. The first-order valence-corrected chi connectivity index (χ1v) is 6.59. The summed E-state index contributed by atoms with van der Waals surface area (Å²) in [4.78, 5) is 2.28. The third-order valence-electron chi connectivity index (χ3n) is 3.70. The summed E-state index contributed by atoms with van der Waals surface area (Å²) in [5.41, 5.74) is 2.94. The Hall–Kier alpha value is -1.02. The van der Waals surface area contributed by atoms with Gasteiger partial charge in [0.05, 0.1) is 5.76 Å². The second kappa shape index (κ2) is 5.54. The Morgan fingerprint density at radius 2 is 2.18 bits per heavy atom. The molecule has 1 unspecified atom stereocenters. The third-order valence-corrected chi connectivity index (χ3v) is 3.70. The van der Waals surface area contributed by atoms with Gasteiger partial charge in [0.15, 0.2) is 0 Å². The van der Waals surface area contributed by atoms with E-state index in [1.807, 2.05) is 6.08 Å². The monoisotopic (exact) mass is 233 g/mol. The second-order valence-electron chi connectivity index (χ2n) is 5.45. The van der Waals surface area contributed by atoms with E-state index in [1.165, 1.54) is 31.3 Å². The molecular formula is C15H23NO. The van der Waals surface area contributed by atoms with Crippen LogP contribution < -0.4 is 0 Å². The molecule has 0 radical (unpaired) electrons. The van der Waals surface area contributed by atoms with Gasteiger partial charge in [-0.3, -0.25) is 0 Å². The summed E-state index contributed by atoms with van der Waals surface area (Å²) in [7, 11) is 4.29. The van der Waals surface area contributed by atoms with E-state index in [0.29, 0.717) is 11.7 Å². The van der Waals surface area contributed by atoms with Gasteiger partial charge in [0, 0.05) is 13.0 Å². The maximum Gasteiger partial charge on any atom is 0.0966 e. The standard InChI is InChI=1S/C15H23NO/c1-16(2)11-13-6-3-4-9-15(13)12-7-5-8-14(17)10-12/h5,7-8,13,17H,3-4,6,9-11H2,1-2H3. The number of allylic oxidation sites excluding steroid dienone is 4. The van der Waals surface area contributed by atoms with Gasteiger partial charge in [-0.15, -0.1) is 0 Å². The predicted molar refractivity (Wildman–Crippen MR) is 72.0 cm³/mol. The zero-order chi connectivity index (χ0) is 12.3. The van der Waals surface area contributed by atoms with E-state index >= 15 is 0 Å². The Balaban J connectivity index is 2.18. The van der Waals surface area contributed by atoms with Crippen LogP contribution in [0.3, 0.4) is 0 Å². The van der Waals surface area contributed by atoms with E-state index in [4.69, 9.17) is 0 Å². The lowest BCUT2D eigenvalue weighted by atomic mass is 9.80. The van der Waals surface area contributed by atoms with E-state index in [2.05, 4.69) is 25.1 Å². The van der Waals surface area contributed by atoms with Crippen LogP contribution in [0.1, 0.15) is 32.1 Å². The van der Waals surface area contributed by atoms with Crippen molar-refractivity contribution in [2.45, 2.75) is 32.1 Å². The Morgan fingerprint density at radius 3 is 2.88 bits per heavy atom. The van der Waals surface area contributed by atoms with E-state index in [-0.39, 0.29) is 0 Å². The number of hydrogen-bond donors (Lipinski definition) is 1. The fourth-order valence-corrected chi connectivity index (χ4v) is 2.96. The highest BCUT2D eigenvalue weighted by molar-refractivity contribution is 5.37. The van der Waals surface area contributed by atoms with Crippen molar-refractivity contribution in [2.24, 2.45) is 5.92 Å². The molecule has 2 aliphatic rings. The summed E-state index contributed by atoms with van der Waals surface area (Å²) < 4.78 is 0. The van der Waals surface area contributed by atoms with Gasteiger partial charge >= 0.3 is 0 Å². The topological polar surface area (TPSA) is 23.5 Å². The van der Waals surface area contributed by atoms with Gasteiger partial charge in [0.2, 0.25) is 0 Å². The van der Waals surface area contributed by atoms with Gasteiger partial charge in [-0.05, 0) is 50.9 Å². The number of rotatable bonds is 2. The van der Waals surface area contributed by atoms with Crippen LogP contribution in [0.5, 0.6) is 0 Å². The van der Waals surface area contributed by atoms with Crippen LogP contribution in [0.15, 0.2) is 35.1 Å². The zero-order valence-corrected chi connectivity index (χ0v) is 10.9. The van der Waals surface area contributed by atoms with Crippen LogP contribution >= 0.6 is 0 Å². The highest BCUT2D eigenvalue weighted by Gasteiger charge is 2.22. The molecule has 1 N–H and O–H groups in total. The lowest BCUT2D eigenvalue weighted by Crippen LogP contribution is -2.26. The molecule has 1 fully saturated rings. The molecule has 0 amide bonds. The van der Waals surface area contributed by atoms with Gasteiger partial charge < -0.3 is 10.0 Å². The van der Waals surface area contributed by atoms with E-state index in [0.717, 1.165) is 13.0 Å². The SMILES string of the molecule is CN(C)CC1CCCCC1=C1C=CC=C(O)C1. The number of aliphatic hydroxyl groups excluding tert-OH is 1. The van der Waals surface area contributed by atoms with Crippen LogP contribution in [0.2, 0.25) is 0 Å². The van der Waals surface area contributed by atoms with Crippen LogP contribution in [0, 0.1) is 5.92 Å². The minimum Gasteiger partial charge on any atom is -0.512 e. The van der Waals surface area contributed by atoms with E-state index in [9.17, 15) is 5.11 Å². The smallest absolute Gasteiger partial charge is 0.0966 e. The quantitative estimate of drug-likeness (QED) is 0.789. The van der Waals surface area contributed by atoms with Gasteiger partial charge in [-0.1, -0.05) is 24.1 Å². The van der Waals surface area contributed by atoms with Crippen molar-refractivity contribution in [1.82, 2.24) is 4.90 Å². The zero-order valence-electron chi connectivity index (χ0n) is 10.9. The maximum atomic E-state index is 9.64. The summed E-state index contributed by atoms with van der Waals surface area (Å²) in [6, 6.07) is 0.